The van der Waals surface area contributed by atoms with Crippen LogP contribution >= 0.6 is 0 Å². The second-order valence-electron chi connectivity index (χ2n) is 6.63. The zero-order chi connectivity index (χ0) is 17.1. The molecule has 0 N–H and O–H groups in total. The minimum Gasteiger partial charge on any atom is -0.381 e. The highest BCUT2D eigenvalue weighted by Gasteiger charge is 2.24. The smallest absolute Gasteiger partial charge is 0.154 e. The van der Waals surface area contributed by atoms with Crippen molar-refractivity contribution in [2.75, 3.05) is 33.0 Å². The molecule has 0 spiro atoms. The van der Waals surface area contributed by atoms with Crippen LogP contribution in [0.15, 0.2) is 12.4 Å². The third-order valence-corrected chi connectivity index (χ3v) is 4.85. The van der Waals surface area contributed by atoms with Crippen molar-refractivity contribution < 1.29 is 14.2 Å². The van der Waals surface area contributed by atoms with E-state index in [4.69, 9.17) is 24.3 Å². The molecule has 4 rings (SSSR count). The van der Waals surface area contributed by atoms with Gasteiger partial charge in [-0.2, -0.15) is 5.10 Å². The first kappa shape index (κ1) is 16.7. The topological polar surface area (TPSA) is 76.2 Å². The summed E-state index contributed by atoms with van der Waals surface area (Å²) in [4.78, 5) is 9.17. The Bertz CT molecular complexity index is 686. The molecule has 0 amide bonds. The summed E-state index contributed by atoms with van der Waals surface area (Å²) in [7, 11) is 0. The van der Waals surface area contributed by atoms with Crippen molar-refractivity contribution >= 4 is 0 Å². The zero-order valence-corrected chi connectivity index (χ0v) is 14.6. The van der Waals surface area contributed by atoms with Gasteiger partial charge in [-0.3, -0.25) is 0 Å². The normalized spacial score (nSPS) is 22.4. The maximum absolute atomic E-state index is 5.80. The molecule has 8 nitrogen and oxygen atoms in total. The van der Waals surface area contributed by atoms with Crippen LogP contribution in [-0.2, 0) is 27.3 Å². The van der Waals surface area contributed by atoms with Crippen LogP contribution in [0.5, 0.6) is 0 Å². The standard InChI is InChI=1S/C17H25N5O3/c1-13-18-4-5-21(13)11-16-19-17(14-2-6-23-7-3-14)20-22(16)10-15-12-24-8-9-25-15/h4-5,14-15H,2-3,6-12H2,1H3. The Labute approximate surface area is 147 Å². The average molecular weight is 347 g/mol. The van der Waals surface area contributed by atoms with Crippen molar-refractivity contribution in [3.8, 4) is 0 Å². The molecule has 2 aliphatic rings. The van der Waals surface area contributed by atoms with Crippen LogP contribution in [0.4, 0.5) is 0 Å². The van der Waals surface area contributed by atoms with Gasteiger partial charge in [0, 0.05) is 31.5 Å². The van der Waals surface area contributed by atoms with Crippen LogP contribution in [0.3, 0.4) is 0 Å². The van der Waals surface area contributed by atoms with Gasteiger partial charge in [0.1, 0.15) is 17.8 Å². The maximum Gasteiger partial charge on any atom is 0.154 e. The molecule has 2 fully saturated rings. The second kappa shape index (κ2) is 7.63. The summed E-state index contributed by atoms with van der Waals surface area (Å²) in [5.74, 6) is 3.21. The Kier molecular flexibility index (Phi) is 5.09. The maximum atomic E-state index is 5.80. The molecule has 136 valence electrons. The minimum atomic E-state index is 0.0284. The molecular weight excluding hydrogens is 322 g/mol. The summed E-state index contributed by atoms with van der Waals surface area (Å²) in [6.45, 7) is 6.82. The van der Waals surface area contributed by atoms with E-state index in [2.05, 4.69) is 9.55 Å². The van der Waals surface area contributed by atoms with Crippen molar-refractivity contribution in [2.45, 2.75) is 44.9 Å². The first-order valence-electron chi connectivity index (χ1n) is 8.98. The van der Waals surface area contributed by atoms with Gasteiger partial charge in [0.25, 0.3) is 0 Å². The third kappa shape index (κ3) is 3.91. The quantitative estimate of drug-likeness (QED) is 0.807. The van der Waals surface area contributed by atoms with E-state index in [1.54, 1.807) is 0 Å². The molecule has 0 radical (unpaired) electrons. The number of ether oxygens (including phenoxy) is 3. The first-order valence-corrected chi connectivity index (χ1v) is 8.98. The third-order valence-electron chi connectivity index (χ3n) is 4.85. The Morgan fingerprint density at radius 3 is 2.76 bits per heavy atom. The highest BCUT2D eigenvalue weighted by Crippen LogP contribution is 2.25. The lowest BCUT2D eigenvalue weighted by Crippen LogP contribution is -2.33. The van der Waals surface area contributed by atoms with Gasteiger partial charge in [-0.1, -0.05) is 0 Å². The summed E-state index contributed by atoms with van der Waals surface area (Å²) in [6, 6.07) is 0. The van der Waals surface area contributed by atoms with Crippen molar-refractivity contribution in [3.63, 3.8) is 0 Å². The Morgan fingerprint density at radius 1 is 1.16 bits per heavy atom. The Morgan fingerprint density at radius 2 is 2.04 bits per heavy atom. The summed E-state index contributed by atoms with van der Waals surface area (Å²) < 4.78 is 20.9. The second-order valence-corrected chi connectivity index (χ2v) is 6.63. The SMILES string of the molecule is Cc1nccn1Cc1nc(C2CCOCC2)nn1CC1COCCO1. The van der Waals surface area contributed by atoms with E-state index in [0.29, 0.717) is 38.8 Å². The molecule has 4 heterocycles. The van der Waals surface area contributed by atoms with E-state index >= 15 is 0 Å². The van der Waals surface area contributed by atoms with Crippen molar-refractivity contribution in [3.05, 3.63) is 29.9 Å². The monoisotopic (exact) mass is 347 g/mol. The van der Waals surface area contributed by atoms with Gasteiger partial charge in [0.05, 0.1) is 32.9 Å². The van der Waals surface area contributed by atoms with Crippen molar-refractivity contribution in [1.82, 2.24) is 24.3 Å². The summed E-state index contributed by atoms with van der Waals surface area (Å²) in [5, 5.41) is 4.82. The van der Waals surface area contributed by atoms with Gasteiger partial charge in [-0.15, -0.1) is 0 Å². The molecule has 8 heteroatoms. The lowest BCUT2D eigenvalue weighted by molar-refractivity contribution is -0.0949. The van der Waals surface area contributed by atoms with E-state index in [-0.39, 0.29) is 6.10 Å². The molecule has 2 aromatic heterocycles. The van der Waals surface area contributed by atoms with Crippen LogP contribution < -0.4 is 0 Å². The Hall–Kier alpha value is -1.77. The highest BCUT2D eigenvalue weighted by molar-refractivity contribution is 5.03. The molecule has 2 aromatic rings. The minimum absolute atomic E-state index is 0.0284. The van der Waals surface area contributed by atoms with Crippen LogP contribution in [0.1, 0.15) is 36.2 Å². The molecule has 0 aliphatic carbocycles. The number of nitrogens with zero attached hydrogens (tertiary/aromatic N) is 5. The molecule has 1 atom stereocenters. The fourth-order valence-electron chi connectivity index (χ4n) is 3.34. The first-order chi connectivity index (χ1) is 12.3. The zero-order valence-electron chi connectivity index (χ0n) is 14.6. The van der Waals surface area contributed by atoms with Crippen LogP contribution in [0.25, 0.3) is 0 Å². The number of imidazole rings is 1. The highest BCUT2D eigenvalue weighted by atomic mass is 16.6. The van der Waals surface area contributed by atoms with Gasteiger partial charge in [-0.25, -0.2) is 14.6 Å². The van der Waals surface area contributed by atoms with E-state index in [1.165, 1.54) is 0 Å². The van der Waals surface area contributed by atoms with Crippen molar-refractivity contribution in [1.29, 1.82) is 0 Å². The van der Waals surface area contributed by atoms with E-state index in [0.717, 1.165) is 43.5 Å². The predicted octanol–water partition coefficient (Wildman–Crippen LogP) is 1.14. The number of aryl methyl sites for hydroxylation is 1. The number of rotatable bonds is 5. The van der Waals surface area contributed by atoms with Gasteiger partial charge < -0.3 is 18.8 Å². The summed E-state index contributed by atoms with van der Waals surface area (Å²) >= 11 is 0. The number of aromatic nitrogens is 5. The van der Waals surface area contributed by atoms with E-state index < -0.39 is 0 Å². The molecule has 0 bridgehead atoms. The van der Waals surface area contributed by atoms with Crippen LogP contribution in [-0.4, -0.2) is 63.5 Å². The van der Waals surface area contributed by atoms with Crippen molar-refractivity contribution in [2.24, 2.45) is 0 Å². The molecule has 0 aromatic carbocycles. The predicted molar refractivity (Wildman–Crippen MR) is 89.4 cm³/mol. The van der Waals surface area contributed by atoms with E-state index in [1.807, 2.05) is 24.0 Å². The number of hydrogen-bond donors (Lipinski definition) is 0. The lowest BCUT2D eigenvalue weighted by atomic mass is 10.00. The molecular formula is C17H25N5O3. The Balaban J connectivity index is 1.57. The van der Waals surface area contributed by atoms with Gasteiger partial charge >= 0.3 is 0 Å². The summed E-state index contributed by atoms with van der Waals surface area (Å²) in [5.41, 5.74) is 0. The van der Waals surface area contributed by atoms with Gasteiger partial charge in [0.15, 0.2) is 5.82 Å². The van der Waals surface area contributed by atoms with E-state index in [9.17, 15) is 0 Å². The molecule has 1 unspecified atom stereocenters. The van der Waals surface area contributed by atoms with Gasteiger partial charge in [0.2, 0.25) is 0 Å². The number of hydrogen-bond acceptors (Lipinski definition) is 6. The fourth-order valence-corrected chi connectivity index (χ4v) is 3.34. The molecule has 2 saturated heterocycles. The van der Waals surface area contributed by atoms with Crippen LogP contribution in [0, 0.1) is 6.92 Å². The van der Waals surface area contributed by atoms with Crippen LogP contribution in [0.2, 0.25) is 0 Å². The molecule has 0 saturated carbocycles. The molecule has 25 heavy (non-hydrogen) atoms. The summed E-state index contributed by atoms with van der Waals surface area (Å²) in [6.07, 6.45) is 5.78. The fraction of sp³-hybridized carbons (Fsp3) is 0.706. The largest absolute Gasteiger partial charge is 0.381 e. The molecule has 2 aliphatic heterocycles. The lowest BCUT2D eigenvalue weighted by Gasteiger charge is -2.23. The average Bonchev–Trinajstić information content (AvgIpc) is 3.24. The van der Waals surface area contributed by atoms with Gasteiger partial charge in [-0.05, 0) is 19.8 Å².